The molecule has 5 rings (SSSR count). The number of aromatic nitrogens is 4. The second-order valence-corrected chi connectivity index (χ2v) is 18.6. The zero-order valence-electron chi connectivity index (χ0n) is 34.8. The molecule has 0 spiro atoms. The van der Waals surface area contributed by atoms with Crippen molar-refractivity contribution in [1.29, 1.82) is 0 Å². The van der Waals surface area contributed by atoms with Gasteiger partial charge in [0.25, 0.3) is 26.0 Å². The average molecular weight is 856 g/mol. The van der Waals surface area contributed by atoms with Gasteiger partial charge in [0.05, 0.1) is 0 Å². The van der Waals surface area contributed by atoms with Gasteiger partial charge in [-0.2, -0.15) is 27.0 Å². The number of carbonyl (C=O) groups is 4. The summed E-state index contributed by atoms with van der Waals surface area (Å²) < 4.78 is 56.3. The third kappa shape index (κ3) is 10.8. The van der Waals surface area contributed by atoms with Crippen LogP contribution in [0.25, 0.3) is 0 Å². The molecule has 0 bridgehead atoms. The molecule has 1 aliphatic heterocycles. The fourth-order valence-corrected chi connectivity index (χ4v) is 8.04. The Morgan fingerprint density at radius 3 is 1.24 bits per heavy atom. The number of aryl methyl sites for hydroxylation is 2. The highest BCUT2D eigenvalue weighted by molar-refractivity contribution is 7.90. The fourth-order valence-electron chi connectivity index (χ4n) is 6.24. The molecule has 2 aromatic carbocycles. The maximum atomic E-state index is 12.7. The van der Waals surface area contributed by atoms with E-state index in [-0.39, 0.29) is 46.0 Å². The van der Waals surface area contributed by atoms with E-state index in [0.29, 0.717) is 24.5 Å². The number of anilines is 2. The van der Waals surface area contributed by atoms with Gasteiger partial charge in [0.15, 0.2) is 10.1 Å². The predicted octanol–water partition coefficient (Wildman–Crippen LogP) is 5.90. The summed E-state index contributed by atoms with van der Waals surface area (Å²) in [5.74, 6) is -1.11. The summed E-state index contributed by atoms with van der Waals surface area (Å²) in [5, 5.41) is 21.0. The van der Waals surface area contributed by atoms with Crippen LogP contribution in [0.1, 0.15) is 129 Å². The van der Waals surface area contributed by atoms with E-state index in [1.807, 2.05) is 101 Å². The van der Waals surface area contributed by atoms with Gasteiger partial charge in [0.2, 0.25) is 0 Å². The second kappa shape index (κ2) is 18.4. The average Bonchev–Trinajstić information content (AvgIpc) is 3.70. The van der Waals surface area contributed by atoms with Crippen molar-refractivity contribution in [2.24, 2.45) is 14.1 Å². The summed E-state index contributed by atoms with van der Waals surface area (Å²) in [6.07, 6.45) is 0.923. The van der Waals surface area contributed by atoms with Gasteiger partial charge in [-0.05, 0) is 52.3 Å². The molecule has 5 amide bonds. The molecule has 4 aromatic rings. The Balaban J connectivity index is 0.000000262. The highest BCUT2D eigenvalue weighted by atomic mass is 32.2. The lowest BCUT2D eigenvalue weighted by Crippen LogP contribution is -2.42. The van der Waals surface area contributed by atoms with E-state index in [1.165, 1.54) is 24.8 Å². The van der Waals surface area contributed by atoms with Crippen LogP contribution in [0, 0.1) is 0 Å². The van der Waals surface area contributed by atoms with Gasteiger partial charge in [-0.1, -0.05) is 91.8 Å². The molecule has 0 aliphatic carbocycles. The first-order valence-electron chi connectivity index (χ1n) is 19.0. The van der Waals surface area contributed by atoms with Gasteiger partial charge < -0.3 is 20.6 Å². The Morgan fingerprint density at radius 2 is 0.949 bits per heavy atom. The van der Waals surface area contributed by atoms with Crippen molar-refractivity contribution in [1.82, 2.24) is 33.9 Å². The van der Waals surface area contributed by atoms with Gasteiger partial charge in [-0.3, -0.25) is 14.2 Å². The lowest BCUT2D eigenvalue weighted by molar-refractivity contribution is 0.0638. The molecule has 20 heteroatoms. The third-order valence-corrected chi connectivity index (χ3v) is 11.9. The number of aromatic carboxylic acids is 1. The number of hydrogen-bond acceptors (Lipinski definition) is 10. The topological polar surface area (TPSA) is 244 Å². The molecule has 320 valence electrons. The predicted molar refractivity (Wildman–Crippen MR) is 222 cm³/mol. The number of amides is 5. The number of nitrogens with zero attached hydrogens (tertiary/aromatic N) is 5. The van der Waals surface area contributed by atoms with Crippen LogP contribution in [0.2, 0.25) is 0 Å². The minimum absolute atomic E-state index is 0.111. The van der Waals surface area contributed by atoms with E-state index < -0.39 is 43.1 Å². The maximum absolute atomic E-state index is 12.7. The van der Waals surface area contributed by atoms with Crippen LogP contribution < -0.4 is 20.1 Å². The smallest absolute Gasteiger partial charge is 0.354 e. The van der Waals surface area contributed by atoms with Crippen LogP contribution in [0.4, 0.5) is 21.0 Å². The quantitative estimate of drug-likeness (QED) is 0.112. The number of carbonyl (C=O) groups excluding carboxylic acids is 3. The number of benzene rings is 2. The minimum atomic E-state index is -4.34. The number of hydrogen-bond donors (Lipinski definition) is 5. The zero-order valence-corrected chi connectivity index (χ0v) is 36.4. The van der Waals surface area contributed by atoms with Crippen molar-refractivity contribution >= 4 is 55.4 Å². The Labute approximate surface area is 344 Å². The Kier molecular flexibility index (Phi) is 14.4. The molecule has 3 heterocycles. The van der Waals surface area contributed by atoms with Gasteiger partial charge in [-0.25, -0.2) is 23.8 Å². The fraction of sp³-hybridized carbons (Fsp3) is 0.436. The monoisotopic (exact) mass is 855 g/mol. The van der Waals surface area contributed by atoms with Crippen molar-refractivity contribution in [2.75, 3.05) is 23.7 Å². The number of nitrogens with one attached hydrogen (secondary N) is 4. The number of sulfonamides is 2. The molecule has 18 nitrogen and oxygen atoms in total. The van der Waals surface area contributed by atoms with E-state index in [9.17, 15) is 36.0 Å². The standard InChI is InChI=1S/C21H29N5O4S.C18H24N4O5S/c1-13(2)15-8-6-9-16(14(3)4)19(15)22-21(28)24-31(29,30)18-12-17(25(5)23-18)20(27)26-10-7-11-26;1-10(2)12-7-6-8-13(11(3)4)16(12)19-18(25)21-28(26,27)15-9-14(17(23)24)22(5)20-15/h6,8-9,12-14H,7,10-11H2,1-5H3,(H2,22,24,28);6-11H,1-5H3,(H,23,24)(H2,19,21,25). The molecule has 59 heavy (non-hydrogen) atoms. The first-order chi connectivity index (χ1) is 27.4. The molecular formula is C39H53N9O9S2. The van der Waals surface area contributed by atoms with E-state index in [2.05, 4.69) is 20.8 Å². The highest BCUT2D eigenvalue weighted by Crippen LogP contribution is 2.33. The number of carboxylic acid groups (broad SMARTS) is 1. The molecule has 0 radical (unpaired) electrons. The second-order valence-electron chi connectivity index (χ2n) is 15.3. The molecule has 0 atom stereocenters. The summed E-state index contributed by atoms with van der Waals surface area (Å²) in [6.45, 7) is 17.2. The molecule has 0 unspecified atom stereocenters. The first kappa shape index (κ1) is 45.9. The Hall–Kier alpha value is -5.76. The van der Waals surface area contributed by atoms with Gasteiger partial charge in [0.1, 0.15) is 11.4 Å². The normalized spacial score (nSPS) is 12.9. The summed E-state index contributed by atoms with van der Waals surface area (Å²) in [6, 6.07) is 11.6. The van der Waals surface area contributed by atoms with E-state index in [1.54, 1.807) is 4.90 Å². The summed E-state index contributed by atoms with van der Waals surface area (Å²) >= 11 is 0. The molecule has 2 aromatic heterocycles. The molecule has 1 saturated heterocycles. The van der Waals surface area contributed by atoms with Crippen molar-refractivity contribution < 1.29 is 41.1 Å². The summed E-state index contributed by atoms with van der Waals surface area (Å²) in [7, 11) is -5.80. The lowest BCUT2D eigenvalue weighted by Gasteiger charge is -2.30. The van der Waals surface area contributed by atoms with Crippen molar-refractivity contribution in [3.63, 3.8) is 0 Å². The van der Waals surface area contributed by atoms with Crippen LogP contribution in [0.5, 0.6) is 0 Å². The van der Waals surface area contributed by atoms with Crippen molar-refractivity contribution in [2.45, 2.75) is 95.5 Å². The molecule has 0 saturated carbocycles. The summed E-state index contributed by atoms with van der Waals surface area (Å²) in [4.78, 5) is 50.2. The van der Waals surface area contributed by atoms with Gasteiger partial charge in [-0.15, -0.1) is 0 Å². The van der Waals surface area contributed by atoms with Crippen molar-refractivity contribution in [3.8, 4) is 0 Å². The number of para-hydroxylation sites is 2. The summed E-state index contributed by atoms with van der Waals surface area (Å²) in [5.41, 5.74) is 4.61. The first-order valence-corrected chi connectivity index (χ1v) is 22.0. The van der Waals surface area contributed by atoms with E-state index in [0.717, 1.165) is 39.4 Å². The number of carboxylic acids is 1. The molecule has 1 fully saturated rings. The SMILES string of the molecule is CC(C)c1cccc(C(C)C)c1NC(=O)NS(=O)(=O)c1cc(C(=O)N2CCC2)n(C)n1.CC(C)c1cccc(C(C)C)c1NC(=O)NS(=O)(=O)c1cc(C(=O)O)n(C)n1. The lowest BCUT2D eigenvalue weighted by atomic mass is 9.93. The van der Waals surface area contributed by atoms with Crippen LogP contribution in [0.15, 0.2) is 58.6 Å². The number of rotatable bonds is 12. The number of urea groups is 2. The molecule has 5 N–H and O–H groups in total. The van der Waals surface area contributed by atoms with Crippen LogP contribution in [-0.2, 0) is 34.1 Å². The number of likely N-dealkylation sites (tertiary alicyclic amines) is 1. The maximum Gasteiger partial charge on any atom is 0.354 e. The van der Waals surface area contributed by atoms with Crippen molar-refractivity contribution in [3.05, 3.63) is 82.2 Å². The Bertz CT molecular complexity index is 2400. The van der Waals surface area contributed by atoms with E-state index >= 15 is 0 Å². The Morgan fingerprint density at radius 1 is 0.610 bits per heavy atom. The molecular weight excluding hydrogens is 803 g/mol. The van der Waals surface area contributed by atoms with Gasteiger partial charge >= 0.3 is 18.0 Å². The third-order valence-electron chi connectivity index (χ3n) is 9.52. The minimum Gasteiger partial charge on any atom is -0.477 e. The van der Waals surface area contributed by atoms with E-state index in [4.69, 9.17) is 5.11 Å². The van der Waals surface area contributed by atoms with Gasteiger partial charge in [0, 0.05) is 50.7 Å². The zero-order chi connectivity index (χ0) is 44.1. The van der Waals surface area contributed by atoms with Crippen LogP contribution >= 0.6 is 0 Å². The van der Waals surface area contributed by atoms with Crippen LogP contribution in [0.3, 0.4) is 0 Å². The van der Waals surface area contributed by atoms with Crippen LogP contribution in [-0.4, -0.2) is 83.4 Å². The largest absolute Gasteiger partial charge is 0.477 e. The molecule has 1 aliphatic rings. The highest BCUT2D eigenvalue weighted by Gasteiger charge is 2.30.